The number of rotatable bonds is 5. The Bertz CT molecular complexity index is 803. The maximum Gasteiger partial charge on any atom is 0.228 e. The molecule has 6 heteroatoms. The number of aryl methyl sites for hydroxylation is 1. The Balaban J connectivity index is 1.54. The Hall–Kier alpha value is -2.76. The molecule has 0 heterocycles. The molecule has 1 saturated carbocycles. The van der Waals surface area contributed by atoms with Crippen molar-refractivity contribution in [3.05, 3.63) is 65.2 Å². The van der Waals surface area contributed by atoms with E-state index < -0.39 is 35.1 Å². The molecule has 1 aliphatic rings. The molecule has 2 aromatic rings. The van der Waals surface area contributed by atoms with Gasteiger partial charge in [0, 0.05) is 6.54 Å². The lowest BCUT2D eigenvalue weighted by molar-refractivity contribution is -0.125. The first-order chi connectivity index (χ1) is 12.0. The number of para-hydroxylation sites is 1. The van der Waals surface area contributed by atoms with Gasteiger partial charge in [-0.15, -0.1) is 0 Å². The first-order valence-electron chi connectivity index (χ1n) is 8.04. The Morgan fingerprint density at radius 1 is 1.00 bits per heavy atom. The summed E-state index contributed by atoms with van der Waals surface area (Å²) < 4.78 is 27.1. The second kappa shape index (κ2) is 7.01. The summed E-state index contributed by atoms with van der Waals surface area (Å²) >= 11 is 0. The zero-order valence-corrected chi connectivity index (χ0v) is 13.7. The average Bonchev–Trinajstić information content (AvgIpc) is 3.38. The lowest BCUT2D eigenvalue weighted by Crippen LogP contribution is -2.27. The average molecular weight is 344 g/mol. The van der Waals surface area contributed by atoms with Gasteiger partial charge in [-0.25, -0.2) is 8.78 Å². The minimum Gasteiger partial charge on any atom is -0.352 e. The van der Waals surface area contributed by atoms with Crippen molar-refractivity contribution in [2.24, 2.45) is 11.8 Å². The highest BCUT2D eigenvalue weighted by Gasteiger charge is 2.48. The number of halogens is 2. The fourth-order valence-corrected chi connectivity index (χ4v) is 2.73. The van der Waals surface area contributed by atoms with E-state index in [1.54, 1.807) is 0 Å². The Labute approximate surface area is 144 Å². The summed E-state index contributed by atoms with van der Waals surface area (Å²) in [5, 5.41) is 5.05. The molecule has 0 bridgehead atoms. The van der Waals surface area contributed by atoms with Crippen molar-refractivity contribution in [3.63, 3.8) is 0 Å². The summed E-state index contributed by atoms with van der Waals surface area (Å²) in [5.74, 6) is -3.46. The quantitative estimate of drug-likeness (QED) is 0.875. The van der Waals surface area contributed by atoms with Gasteiger partial charge in [-0.1, -0.05) is 30.3 Å². The van der Waals surface area contributed by atoms with Crippen LogP contribution in [0, 0.1) is 30.4 Å². The smallest absolute Gasteiger partial charge is 0.228 e. The normalized spacial score (nSPS) is 18.5. The SMILES string of the molecule is Cc1ccccc1CNC(=O)C1CC1C(=O)Nc1c(F)cccc1F. The third kappa shape index (κ3) is 3.84. The van der Waals surface area contributed by atoms with Gasteiger partial charge in [0.25, 0.3) is 0 Å². The number of amides is 2. The van der Waals surface area contributed by atoms with Crippen LogP contribution in [0.3, 0.4) is 0 Å². The van der Waals surface area contributed by atoms with Crippen molar-refractivity contribution < 1.29 is 18.4 Å². The number of carbonyl (C=O) groups is 2. The van der Waals surface area contributed by atoms with Crippen LogP contribution < -0.4 is 10.6 Å². The molecule has 1 aliphatic carbocycles. The predicted octanol–water partition coefficient (Wildman–Crippen LogP) is 3.16. The van der Waals surface area contributed by atoms with E-state index in [1.165, 1.54) is 6.07 Å². The van der Waals surface area contributed by atoms with Crippen LogP contribution in [0.4, 0.5) is 14.5 Å². The number of nitrogens with one attached hydrogen (secondary N) is 2. The van der Waals surface area contributed by atoms with Crippen molar-refractivity contribution in [2.75, 3.05) is 5.32 Å². The first kappa shape index (κ1) is 17.1. The van der Waals surface area contributed by atoms with Gasteiger partial charge in [0.15, 0.2) is 0 Å². The molecule has 25 heavy (non-hydrogen) atoms. The first-order valence-corrected chi connectivity index (χ1v) is 8.04. The van der Waals surface area contributed by atoms with Crippen LogP contribution >= 0.6 is 0 Å². The number of anilines is 1. The molecule has 130 valence electrons. The summed E-state index contributed by atoms with van der Waals surface area (Å²) in [5.41, 5.74) is 1.60. The summed E-state index contributed by atoms with van der Waals surface area (Å²) in [6, 6.07) is 11.1. The molecule has 4 nitrogen and oxygen atoms in total. The van der Waals surface area contributed by atoms with E-state index >= 15 is 0 Å². The van der Waals surface area contributed by atoms with Crippen LogP contribution in [0.15, 0.2) is 42.5 Å². The van der Waals surface area contributed by atoms with Crippen LogP contribution in [0.2, 0.25) is 0 Å². The number of benzene rings is 2. The molecule has 1 fully saturated rings. The second-order valence-corrected chi connectivity index (χ2v) is 6.18. The number of hydrogen-bond acceptors (Lipinski definition) is 2. The minimum absolute atomic E-state index is 0.225. The van der Waals surface area contributed by atoms with E-state index in [2.05, 4.69) is 10.6 Å². The van der Waals surface area contributed by atoms with Crippen LogP contribution in [-0.4, -0.2) is 11.8 Å². The summed E-state index contributed by atoms with van der Waals surface area (Å²) in [7, 11) is 0. The van der Waals surface area contributed by atoms with Gasteiger partial charge in [-0.2, -0.15) is 0 Å². The Morgan fingerprint density at radius 3 is 2.32 bits per heavy atom. The van der Waals surface area contributed by atoms with Gasteiger partial charge in [0.05, 0.1) is 11.8 Å². The van der Waals surface area contributed by atoms with E-state index in [0.717, 1.165) is 23.3 Å². The standard InChI is InChI=1S/C19H18F2N2O2/c1-11-5-2-3-6-12(11)10-22-18(24)13-9-14(13)19(25)23-17-15(20)7-4-8-16(17)21/h2-8,13-14H,9-10H2,1H3,(H,22,24)(H,23,25). The number of carbonyl (C=O) groups excluding carboxylic acids is 2. The van der Waals surface area contributed by atoms with Crippen molar-refractivity contribution in [3.8, 4) is 0 Å². The molecule has 0 aromatic heterocycles. The highest BCUT2D eigenvalue weighted by molar-refractivity contribution is 5.99. The zero-order valence-electron chi connectivity index (χ0n) is 13.7. The zero-order chi connectivity index (χ0) is 18.0. The maximum absolute atomic E-state index is 13.6. The molecule has 2 N–H and O–H groups in total. The van der Waals surface area contributed by atoms with E-state index in [1.807, 2.05) is 31.2 Å². The van der Waals surface area contributed by atoms with Crippen LogP contribution in [-0.2, 0) is 16.1 Å². The van der Waals surface area contributed by atoms with E-state index in [-0.39, 0.29) is 5.91 Å². The Morgan fingerprint density at radius 2 is 1.64 bits per heavy atom. The molecule has 2 aromatic carbocycles. The predicted molar refractivity (Wildman–Crippen MR) is 89.6 cm³/mol. The summed E-state index contributed by atoms with van der Waals surface area (Å²) in [6.45, 7) is 2.34. The topological polar surface area (TPSA) is 58.2 Å². The molecule has 2 atom stereocenters. The number of hydrogen-bond donors (Lipinski definition) is 2. The lowest BCUT2D eigenvalue weighted by Gasteiger charge is -2.09. The molecular weight excluding hydrogens is 326 g/mol. The van der Waals surface area contributed by atoms with Crippen molar-refractivity contribution in [1.29, 1.82) is 0 Å². The van der Waals surface area contributed by atoms with E-state index in [9.17, 15) is 18.4 Å². The molecule has 0 spiro atoms. The summed E-state index contributed by atoms with van der Waals surface area (Å²) in [4.78, 5) is 24.2. The molecule has 3 rings (SSSR count). The van der Waals surface area contributed by atoms with E-state index in [0.29, 0.717) is 13.0 Å². The maximum atomic E-state index is 13.6. The fourth-order valence-electron chi connectivity index (χ4n) is 2.73. The Kier molecular flexibility index (Phi) is 4.79. The highest BCUT2D eigenvalue weighted by atomic mass is 19.1. The molecule has 0 radical (unpaired) electrons. The van der Waals surface area contributed by atoms with Crippen molar-refractivity contribution in [1.82, 2.24) is 5.32 Å². The molecule has 2 amide bonds. The minimum atomic E-state index is -0.838. The third-order valence-corrected chi connectivity index (χ3v) is 4.39. The second-order valence-electron chi connectivity index (χ2n) is 6.18. The van der Waals surface area contributed by atoms with E-state index in [4.69, 9.17) is 0 Å². The van der Waals surface area contributed by atoms with Gasteiger partial charge in [0.2, 0.25) is 11.8 Å². The molecular formula is C19H18F2N2O2. The summed E-state index contributed by atoms with van der Waals surface area (Å²) in [6.07, 6.45) is 0.376. The van der Waals surface area contributed by atoms with Crippen molar-refractivity contribution >= 4 is 17.5 Å². The highest BCUT2D eigenvalue weighted by Crippen LogP contribution is 2.40. The van der Waals surface area contributed by atoms with Gasteiger partial charge < -0.3 is 10.6 Å². The lowest BCUT2D eigenvalue weighted by atomic mass is 10.1. The van der Waals surface area contributed by atoms with Crippen molar-refractivity contribution in [2.45, 2.75) is 19.9 Å². The van der Waals surface area contributed by atoms with Gasteiger partial charge in [0.1, 0.15) is 17.3 Å². The monoisotopic (exact) mass is 344 g/mol. The third-order valence-electron chi connectivity index (χ3n) is 4.39. The van der Waals surface area contributed by atoms with Crippen LogP contribution in [0.5, 0.6) is 0 Å². The largest absolute Gasteiger partial charge is 0.352 e. The molecule has 2 unspecified atom stereocenters. The van der Waals surface area contributed by atoms with Gasteiger partial charge in [-0.05, 0) is 36.6 Å². The molecule has 0 aliphatic heterocycles. The van der Waals surface area contributed by atoms with Crippen LogP contribution in [0.1, 0.15) is 17.5 Å². The van der Waals surface area contributed by atoms with Gasteiger partial charge >= 0.3 is 0 Å². The van der Waals surface area contributed by atoms with Gasteiger partial charge in [-0.3, -0.25) is 9.59 Å². The van der Waals surface area contributed by atoms with Crippen LogP contribution in [0.25, 0.3) is 0 Å². The molecule has 0 saturated heterocycles. The fraction of sp³-hybridized carbons (Fsp3) is 0.263.